The maximum absolute atomic E-state index is 16.0. The highest BCUT2D eigenvalue weighted by Crippen LogP contribution is 2.48. The fourth-order valence-electron chi connectivity index (χ4n) is 18.1. The van der Waals surface area contributed by atoms with Gasteiger partial charge >= 0.3 is 0 Å². The Kier molecular flexibility index (Phi) is 43.0. The molecule has 2 aliphatic heterocycles. The Morgan fingerprint density at radius 1 is 0.304 bits per heavy atom. The SMILES string of the molecule is CC#Cc1cc(OCCCCCCCCCC)c(C#Cc2cc3c4c(cnc5c6c(C)cc7c8c(cnc(c2c45)c86)C(=O)N(CC(CCCCCCCCCC)CCCCCCCCCCCC)C7=O)C(=O)N(CC(CCCCCCCCCC)CCCCCCCCCCCC)C3=O)cc1OCCCCCCCCCC. The standard InChI is InChI=1S/C102H152N4O6/c1-9-16-22-28-34-40-42-46-52-58-64-80(63-56-50-44-36-30-24-18-11-3)77-105-99(107)85-71-79(8)91-95-93(85)87(101(105)109)76-104-98(95)92-84(68-67-83-74-89(111-69-60-54-48-38-32-26-20-13-5)82(62-15-7)73-90(83)112-70-61-55-49-39-33-27-21-14-6)72-86-94-88(75-103-97(91)96(92)94)102(110)106(100(86)108)78-81(65-57-51-45-37-31-25-19-12-4)66-59-53-47-43-41-35-29-23-17-10-2/h71-76,80-81H,9-14,16-61,63-66,69-70,77-78H2,1-8H3. The van der Waals surface area contributed by atoms with Crippen LogP contribution in [0.15, 0.2) is 36.7 Å². The molecule has 8 rings (SSSR count). The van der Waals surface area contributed by atoms with Crippen LogP contribution in [0.1, 0.15) is 472 Å². The van der Waals surface area contributed by atoms with Gasteiger partial charge in [0.1, 0.15) is 11.5 Å². The summed E-state index contributed by atoms with van der Waals surface area (Å²) in [6, 6.07) is 7.89. The summed E-state index contributed by atoms with van der Waals surface area (Å²) in [5.41, 5.74) is 5.63. The van der Waals surface area contributed by atoms with Gasteiger partial charge < -0.3 is 9.47 Å². The largest absolute Gasteiger partial charge is 0.492 e. The van der Waals surface area contributed by atoms with Crippen LogP contribution in [0.3, 0.4) is 0 Å². The van der Waals surface area contributed by atoms with Gasteiger partial charge in [0.25, 0.3) is 23.6 Å². The van der Waals surface area contributed by atoms with Crippen molar-refractivity contribution in [2.45, 2.75) is 415 Å². The second-order valence-corrected chi connectivity index (χ2v) is 34.3. The number of aryl methyl sites for hydroxylation is 1. The lowest BCUT2D eigenvalue weighted by Gasteiger charge is -2.32. The van der Waals surface area contributed by atoms with E-state index in [-0.39, 0.29) is 35.5 Å². The van der Waals surface area contributed by atoms with E-state index in [9.17, 15) is 0 Å². The van der Waals surface area contributed by atoms with Gasteiger partial charge in [0.05, 0.1) is 52.1 Å². The molecule has 10 heteroatoms. The van der Waals surface area contributed by atoms with E-state index in [1.165, 1.54) is 263 Å². The zero-order chi connectivity index (χ0) is 79.3. The van der Waals surface area contributed by atoms with Gasteiger partial charge in [0.2, 0.25) is 0 Å². The molecule has 0 bridgehead atoms. The number of pyridine rings is 2. The highest BCUT2D eigenvalue weighted by atomic mass is 16.5. The fourth-order valence-corrected chi connectivity index (χ4v) is 18.1. The van der Waals surface area contributed by atoms with Crippen molar-refractivity contribution >= 4 is 67.0 Å². The Morgan fingerprint density at radius 2 is 0.580 bits per heavy atom. The van der Waals surface area contributed by atoms with Crippen molar-refractivity contribution in [3.63, 3.8) is 0 Å². The number of aromatic nitrogens is 2. The van der Waals surface area contributed by atoms with Crippen molar-refractivity contribution < 1.29 is 28.7 Å². The Morgan fingerprint density at radius 3 is 0.920 bits per heavy atom. The number of hydrogen-bond acceptors (Lipinski definition) is 8. The number of carbonyl (C=O) groups excluding carboxylic acids is 4. The molecule has 6 aromatic rings. The van der Waals surface area contributed by atoms with Gasteiger partial charge in [-0.05, 0) is 81.9 Å². The van der Waals surface area contributed by atoms with E-state index in [4.69, 9.17) is 19.4 Å². The Hall–Kier alpha value is -6.52. The van der Waals surface area contributed by atoms with Crippen molar-refractivity contribution in [3.8, 4) is 35.2 Å². The maximum atomic E-state index is 16.0. The number of fused-ring (bicyclic) bond motifs is 2. The molecular weight excluding hydrogens is 1380 g/mol. The fraction of sp³-hybridized carbons (Fsp3) is 0.686. The molecule has 0 aliphatic carbocycles. The molecule has 616 valence electrons. The summed E-state index contributed by atoms with van der Waals surface area (Å²) in [6.07, 6.45) is 71.1. The van der Waals surface area contributed by atoms with Crippen LogP contribution in [0.4, 0.5) is 0 Å². The van der Waals surface area contributed by atoms with Gasteiger partial charge in [-0.2, -0.15) is 0 Å². The Labute approximate surface area is 680 Å². The van der Waals surface area contributed by atoms with Gasteiger partial charge in [0.15, 0.2) is 0 Å². The zero-order valence-corrected chi connectivity index (χ0v) is 72.3. The van der Waals surface area contributed by atoms with Crippen LogP contribution in [0.5, 0.6) is 11.5 Å². The molecule has 112 heavy (non-hydrogen) atoms. The predicted octanol–water partition coefficient (Wildman–Crippen LogP) is 29.8. The first-order valence-electron chi connectivity index (χ1n) is 47.1. The number of nitrogens with zero attached hydrogens (tertiary/aromatic N) is 4. The minimum Gasteiger partial charge on any atom is -0.492 e. The Balaban J connectivity index is 1.21. The normalized spacial score (nSPS) is 13.4. The molecule has 4 aromatic carbocycles. The van der Waals surface area contributed by atoms with Gasteiger partial charge in [-0.15, -0.1) is 5.92 Å². The van der Waals surface area contributed by atoms with Crippen LogP contribution in [0, 0.1) is 42.4 Å². The quantitative estimate of drug-likeness (QED) is 0.0122. The molecule has 0 spiro atoms. The van der Waals surface area contributed by atoms with Crippen molar-refractivity contribution in [1.29, 1.82) is 0 Å². The number of hydrogen-bond donors (Lipinski definition) is 0. The summed E-state index contributed by atoms with van der Waals surface area (Å²) in [4.78, 5) is 76.7. The number of carbonyl (C=O) groups is 4. The highest BCUT2D eigenvalue weighted by molar-refractivity contribution is 6.41. The van der Waals surface area contributed by atoms with Crippen molar-refractivity contribution in [3.05, 3.63) is 81.2 Å². The van der Waals surface area contributed by atoms with Crippen molar-refractivity contribution in [2.75, 3.05) is 26.3 Å². The molecular formula is C102H152N4O6. The first-order valence-corrected chi connectivity index (χ1v) is 47.1. The van der Waals surface area contributed by atoms with Gasteiger partial charge in [-0.1, -0.05) is 380 Å². The van der Waals surface area contributed by atoms with E-state index in [1.54, 1.807) is 22.2 Å². The molecule has 2 aliphatic rings. The van der Waals surface area contributed by atoms with Crippen LogP contribution >= 0.6 is 0 Å². The van der Waals surface area contributed by atoms with Crippen LogP contribution < -0.4 is 9.47 Å². The van der Waals surface area contributed by atoms with Gasteiger partial charge in [-0.3, -0.25) is 38.9 Å². The smallest absolute Gasteiger partial charge is 0.262 e. The summed E-state index contributed by atoms with van der Waals surface area (Å²) in [5, 5.41) is 3.86. The number of amides is 4. The lowest BCUT2D eigenvalue weighted by molar-refractivity contribution is 0.0562. The second-order valence-electron chi connectivity index (χ2n) is 34.3. The summed E-state index contributed by atoms with van der Waals surface area (Å²) in [5.74, 6) is 14.3. The summed E-state index contributed by atoms with van der Waals surface area (Å²) < 4.78 is 13.6. The molecule has 4 amide bonds. The number of imide groups is 2. The van der Waals surface area contributed by atoms with Crippen molar-refractivity contribution in [2.24, 2.45) is 11.8 Å². The van der Waals surface area contributed by atoms with Gasteiger partial charge in [0, 0.05) is 81.1 Å². The molecule has 2 aromatic heterocycles. The highest BCUT2D eigenvalue weighted by Gasteiger charge is 2.40. The van der Waals surface area contributed by atoms with Crippen molar-refractivity contribution in [1.82, 2.24) is 19.8 Å². The zero-order valence-electron chi connectivity index (χ0n) is 72.3. The van der Waals surface area contributed by atoms with E-state index >= 15 is 19.2 Å². The molecule has 0 saturated carbocycles. The molecule has 2 unspecified atom stereocenters. The van der Waals surface area contributed by atoms with E-state index in [2.05, 4.69) is 65.2 Å². The average molecular weight is 1530 g/mol. The van der Waals surface area contributed by atoms with Crippen LogP contribution in [-0.2, 0) is 0 Å². The number of rotatable bonds is 64. The first-order chi connectivity index (χ1) is 55.0. The molecule has 0 fully saturated rings. The third kappa shape index (κ3) is 27.9. The van der Waals surface area contributed by atoms with Crippen LogP contribution in [-0.4, -0.2) is 69.7 Å². The maximum Gasteiger partial charge on any atom is 0.262 e. The lowest BCUT2D eigenvalue weighted by atomic mass is 9.82. The first kappa shape index (κ1) is 91.0. The minimum atomic E-state index is -0.315. The third-order valence-electron chi connectivity index (χ3n) is 24.8. The summed E-state index contributed by atoms with van der Waals surface area (Å²) in [6.45, 7) is 19.3. The van der Waals surface area contributed by atoms with E-state index < -0.39 is 0 Å². The van der Waals surface area contributed by atoms with Crippen LogP contribution in [0.2, 0.25) is 0 Å². The monoisotopic (exact) mass is 1530 g/mol. The second kappa shape index (κ2) is 52.9. The van der Waals surface area contributed by atoms with Gasteiger partial charge in [-0.25, -0.2) is 0 Å². The molecule has 0 N–H and O–H groups in total. The number of benzene rings is 4. The summed E-state index contributed by atoms with van der Waals surface area (Å²) >= 11 is 0. The molecule has 10 nitrogen and oxygen atoms in total. The molecule has 4 heterocycles. The van der Waals surface area contributed by atoms with E-state index in [0.29, 0.717) is 109 Å². The Bertz CT molecular complexity index is 3920. The number of ether oxygens (including phenoxy) is 2. The third-order valence-corrected chi connectivity index (χ3v) is 24.8. The average Bonchev–Trinajstić information content (AvgIpc) is 0.682. The predicted molar refractivity (Wildman–Crippen MR) is 474 cm³/mol. The van der Waals surface area contributed by atoms with Crippen LogP contribution in [0.25, 0.3) is 43.4 Å². The topological polar surface area (TPSA) is 119 Å². The molecule has 0 saturated heterocycles. The minimum absolute atomic E-state index is 0.158. The molecule has 2 atom stereocenters. The van der Waals surface area contributed by atoms with E-state index in [1.807, 2.05) is 38.1 Å². The lowest BCUT2D eigenvalue weighted by Crippen LogP contribution is -2.43. The molecule has 0 radical (unpaired) electrons. The summed E-state index contributed by atoms with van der Waals surface area (Å²) in [7, 11) is 0. The van der Waals surface area contributed by atoms with E-state index in [0.717, 1.165) is 113 Å². The number of unbranched alkanes of at least 4 members (excludes halogenated alkanes) is 46.